The zero-order valence-electron chi connectivity index (χ0n) is 11.4. The van der Waals surface area contributed by atoms with Gasteiger partial charge in [-0.15, -0.1) is 0 Å². The standard InChI is InChI=1S/C13H15N5O2S/c19-18(20)11-5-10-12(14-7-15-13(10)21-11)17-4-3-8-1-2-9(6-17)16-8/h5,7-9,16H,1-4,6H2. The lowest BCUT2D eigenvalue weighted by Crippen LogP contribution is -2.35. The molecule has 0 radical (unpaired) electrons. The summed E-state index contributed by atoms with van der Waals surface area (Å²) in [4.78, 5) is 22.1. The van der Waals surface area contributed by atoms with Crippen LogP contribution in [0.1, 0.15) is 19.3 Å². The molecule has 7 nitrogen and oxygen atoms in total. The van der Waals surface area contributed by atoms with E-state index in [1.165, 1.54) is 19.2 Å². The molecule has 2 aromatic rings. The maximum atomic E-state index is 11.0. The molecule has 2 fully saturated rings. The third kappa shape index (κ3) is 2.24. The summed E-state index contributed by atoms with van der Waals surface area (Å²) in [6, 6.07) is 2.71. The second kappa shape index (κ2) is 4.88. The van der Waals surface area contributed by atoms with Gasteiger partial charge in [0.05, 0.1) is 10.3 Å². The van der Waals surface area contributed by atoms with Crippen molar-refractivity contribution in [1.82, 2.24) is 15.3 Å². The third-order valence-electron chi connectivity index (χ3n) is 4.30. The first-order valence-corrected chi connectivity index (χ1v) is 7.92. The van der Waals surface area contributed by atoms with Gasteiger partial charge in [-0.1, -0.05) is 0 Å². The second-order valence-corrected chi connectivity index (χ2v) is 6.64. The van der Waals surface area contributed by atoms with Crippen molar-refractivity contribution in [3.05, 3.63) is 22.5 Å². The van der Waals surface area contributed by atoms with Crippen molar-refractivity contribution in [1.29, 1.82) is 0 Å². The number of nitrogens with one attached hydrogen (secondary N) is 1. The number of nitrogens with zero attached hydrogens (tertiary/aromatic N) is 4. The normalized spacial score (nSPS) is 25.2. The first-order valence-electron chi connectivity index (χ1n) is 7.10. The van der Waals surface area contributed by atoms with Gasteiger partial charge in [0, 0.05) is 31.2 Å². The monoisotopic (exact) mass is 305 g/mol. The van der Waals surface area contributed by atoms with Gasteiger partial charge in [0.2, 0.25) is 0 Å². The second-order valence-electron chi connectivity index (χ2n) is 5.63. The molecule has 4 rings (SSSR count). The lowest BCUT2D eigenvalue weighted by atomic mass is 10.1. The quantitative estimate of drug-likeness (QED) is 0.674. The summed E-state index contributed by atoms with van der Waals surface area (Å²) in [5.41, 5.74) is 0. The maximum absolute atomic E-state index is 11.0. The molecular weight excluding hydrogens is 290 g/mol. The topological polar surface area (TPSA) is 84.2 Å². The Morgan fingerprint density at radius 1 is 1.33 bits per heavy atom. The average Bonchev–Trinajstić information content (AvgIpc) is 3.02. The van der Waals surface area contributed by atoms with Crippen LogP contribution in [0.25, 0.3) is 10.2 Å². The number of nitro groups is 1. The summed E-state index contributed by atoms with van der Waals surface area (Å²) < 4.78 is 0. The molecular formula is C13H15N5O2S. The molecule has 2 aliphatic heterocycles. The zero-order valence-corrected chi connectivity index (χ0v) is 12.2. The lowest BCUT2D eigenvalue weighted by Gasteiger charge is -2.25. The van der Waals surface area contributed by atoms with Crippen LogP contribution in [-0.2, 0) is 0 Å². The Morgan fingerprint density at radius 3 is 3.05 bits per heavy atom. The minimum absolute atomic E-state index is 0.126. The van der Waals surface area contributed by atoms with E-state index in [1.807, 2.05) is 0 Å². The van der Waals surface area contributed by atoms with Crippen LogP contribution in [0.4, 0.5) is 10.8 Å². The van der Waals surface area contributed by atoms with Crippen molar-refractivity contribution in [2.45, 2.75) is 31.3 Å². The van der Waals surface area contributed by atoms with E-state index in [9.17, 15) is 10.1 Å². The number of fused-ring (bicyclic) bond motifs is 3. The molecule has 2 aromatic heterocycles. The molecule has 2 saturated heterocycles. The molecule has 0 saturated carbocycles. The number of hydrogen-bond acceptors (Lipinski definition) is 7. The Morgan fingerprint density at radius 2 is 2.19 bits per heavy atom. The predicted octanol–water partition coefficient (Wildman–Crippen LogP) is 1.93. The van der Waals surface area contributed by atoms with Gasteiger partial charge >= 0.3 is 5.00 Å². The average molecular weight is 305 g/mol. The van der Waals surface area contributed by atoms with E-state index in [0.717, 1.165) is 42.1 Å². The summed E-state index contributed by atoms with van der Waals surface area (Å²) in [5, 5.41) is 15.5. The molecule has 2 unspecified atom stereocenters. The molecule has 0 aromatic carbocycles. The molecule has 4 heterocycles. The first-order chi connectivity index (χ1) is 10.2. The smallest absolute Gasteiger partial charge is 0.326 e. The van der Waals surface area contributed by atoms with Gasteiger partial charge < -0.3 is 10.2 Å². The molecule has 8 heteroatoms. The Bertz CT molecular complexity index is 703. The van der Waals surface area contributed by atoms with E-state index in [-0.39, 0.29) is 9.92 Å². The van der Waals surface area contributed by atoms with Crippen molar-refractivity contribution in [2.24, 2.45) is 0 Å². The first kappa shape index (κ1) is 12.9. The third-order valence-corrected chi connectivity index (χ3v) is 5.29. The molecule has 110 valence electrons. The molecule has 0 aliphatic carbocycles. The van der Waals surface area contributed by atoms with Crippen LogP contribution in [0.15, 0.2) is 12.4 Å². The minimum Gasteiger partial charge on any atom is -0.354 e. The largest absolute Gasteiger partial charge is 0.354 e. The molecule has 2 bridgehead atoms. The SMILES string of the molecule is O=[N+]([O-])c1cc2c(N3CCC4CCC(C3)N4)ncnc2s1. The Labute approximate surface area is 125 Å². The lowest BCUT2D eigenvalue weighted by molar-refractivity contribution is -0.380. The van der Waals surface area contributed by atoms with E-state index in [4.69, 9.17) is 0 Å². The molecule has 21 heavy (non-hydrogen) atoms. The van der Waals surface area contributed by atoms with Gasteiger partial charge in [-0.2, -0.15) is 0 Å². The van der Waals surface area contributed by atoms with Crippen LogP contribution < -0.4 is 10.2 Å². The summed E-state index contributed by atoms with van der Waals surface area (Å²) in [6.45, 7) is 1.84. The van der Waals surface area contributed by atoms with Crippen LogP contribution >= 0.6 is 11.3 Å². The molecule has 2 atom stereocenters. The highest BCUT2D eigenvalue weighted by Crippen LogP contribution is 2.35. The van der Waals surface area contributed by atoms with Crippen LogP contribution in [-0.4, -0.2) is 40.1 Å². The highest BCUT2D eigenvalue weighted by Gasteiger charge is 2.30. The summed E-state index contributed by atoms with van der Waals surface area (Å²) >= 11 is 1.11. The summed E-state index contributed by atoms with van der Waals surface area (Å²) in [6.07, 6.45) is 5.05. The van der Waals surface area contributed by atoms with Crippen LogP contribution in [0, 0.1) is 10.1 Å². The fourth-order valence-corrected chi connectivity index (χ4v) is 4.12. The van der Waals surface area contributed by atoms with E-state index < -0.39 is 0 Å². The number of aromatic nitrogens is 2. The molecule has 0 spiro atoms. The number of rotatable bonds is 2. The summed E-state index contributed by atoms with van der Waals surface area (Å²) in [5.74, 6) is 0.832. The van der Waals surface area contributed by atoms with E-state index >= 15 is 0 Å². The molecule has 2 aliphatic rings. The fourth-order valence-electron chi connectivity index (χ4n) is 3.31. The van der Waals surface area contributed by atoms with E-state index in [2.05, 4.69) is 20.2 Å². The Hall–Kier alpha value is -1.80. The minimum atomic E-state index is -0.359. The summed E-state index contributed by atoms with van der Waals surface area (Å²) in [7, 11) is 0. The van der Waals surface area contributed by atoms with Gasteiger partial charge in [0.25, 0.3) is 0 Å². The van der Waals surface area contributed by atoms with Gasteiger partial charge in [-0.25, -0.2) is 9.97 Å². The van der Waals surface area contributed by atoms with E-state index in [1.54, 1.807) is 6.07 Å². The van der Waals surface area contributed by atoms with Gasteiger partial charge in [-0.3, -0.25) is 10.1 Å². The van der Waals surface area contributed by atoms with Crippen LogP contribution in [0.3, 0.4) is 0 Å². The highest BCUT2D eigenvalue weighted by atomic mass is 32.1. The fraction of sp³-hybridized carbons (Fsp3) is 0.538. The van der Waals surface area contributed by atoms with Gasteiger partial charge in [0.1, 0.15) is 17.0 Å². The van der Waals surface area contributed by atoms with Crippen molar-refractivity contribution >= 4 is 32.4 Å². The van der Waals surface area contributed by atoms with Crippen molar-refractivity contribution in [2.75, 3.05) is 18.0 Å². The van der Waals surface area contributed by atoms with Crippen LogP contribution in [0.2, 0.25) is 0 Å². The van der Waals surface area contributed by atoms with Gasteiger partial charge in [-0.05, 0) is 30.6 Å². The molecule has 0 amide bonds. The van der Waals surface area contributed by atoms with Crippen molar-refractivity contribution < 1.29 is 4.92 Å². The van der Waals surface area contributed by atoms with Crippen molar-refractivity contribution in [3.8, 4) is 0 Å². The number of hydrogen-bond donors (Lipinski definition) is 1. The van der Waals surface area contributed by atoms with E-state index in [0.29, 0.717) is 16.9 Å². The number of anilines is 1. The highest BCUT2D eigenvalue weighted by molar-refractivity contribution is 7.21. The van der Waals surface area contributed by atoms with Gasteiger partial charge in [0.15, 0.2) is 0 Å². The maximum Gasteiger partial charge on any atom is 0.326 e. The predicted molar refractivity (Wildman–Crippen MR) is 80.8 cm³/mol. The molecule has 1 N–H and O–H groups in total. The number of thiophene rings is 1. The Kier molecular flexibility index (Phi) is 3.00. The van der Waals surface area contributed by atoms with Crippen molar-refractivity contribution in [3.63, 3.8) is 0 Å². The zero-order chi connectivity index (χ0) is 14.4. The Balaban J connectivity index is 1.73. The van der Waals surface area contributed by atoms with Crippen LogP contribution in [0.5, 0.6) is 0 Å².